The van der Waals surface area contributed by atoms with Gasteiger partial charge in [0.05, 0.1) is 12.2 Å². The van der Waals surface area contributed by atoms with Crippen molar-refractivity contribution in [2.45, 2.75) is 5.54 Å². The second-order valence-corrected chi connectivity index (χ2v) is 6.95. The maximum absolute atomic E-state index is 12.8. The van der Waals surface area contributed by atoms with Crippen LogP contribution in [0.4, 0.5) is 0 Å². The Hall–Kier alpha value is -3.15. The van der Waals surface area contributed by atoms with E-state index >= 15 is 0 Å². The fourth-order valence-corrected chi connectivity index (χ4v) is 2.99. The van der Waals surface area contributed by atoms with Crippen LogP contribution in [0.5, 0.6) is 0 Å². The van der Waals surface area contributed by atoms with Gasteiger partial charge >= 0.3 is 5.97 Å². The van der Waals surface area contributed by atoms with E-state index in [2.05, 4.69) is 5.32 Å². The molecule has 0 radical (unpaired) electrons. The van der Waals surface area contributed by atoms with Crippen LogP contribution in [-0.4, -0.2) is 30.2 Å². The van der Waals surface area contributed by atoms with Gasteiger partial charge in [-0.15, -0.1) is 0 Å². The molecule has 0 saturated carbocycles. The quantitative estimate of drug-likeness (QED) is 0.582. The van der Waals surface area contributed by atoms with E-state index in [4.69, 9.17) is 16.3 Å². The average Bonchev–Trinajstić information content (AvgIpc) is 2.78. The lowest BCUT2D eigenvalue weighted by Gasteiger charge is -2.33. The first-order chi connectivity index (χ1) is 14.0. The van der Waals surface area contributed by atoms with Gasteiger partial charge in [0.1, 0.15) is 12.1 Å². The fourth-order valence-electron chi connectivity index (χ4n) is 2.86. The van der Waals surface area contributed by atoms with Crippen LogP contribution in [0.25, 0.3) is 0 Å². The Morgan fingerprint density at radius 1 is 0.862 bits per heavy atom. The Bertz CT molecular complexity index is 961. The fraction of sp³-hybridized carbons (Fsp3) is 0.130. The average molecular weight is 410 g/mol. The largest absolute Gasteiger partial charge is 0.459 e. The Morgan fingerprint density at radius 3 is 1.97 bits per heavy atom. The van der Waals surface area contributed by atoms with Crippen molar-refractivity contribution in [3.63, 3.8) is 0 Å². The molecule has 0 heterocycles. The van der Waals surface area contributed by atoms with Crippen molar-refractivity contribution in [3.05, 3.63) is 107 Å². The summed E-state index contributed by atoms with van der Waals surface area (Å²) in [6.07, 6.45) is 0. The zero-order valence-electron chi connectivity index (χ0n) is 15.5. The third-order valence-electron chi connectivity index (χ3n) is 4.51. The predicted octanol–water partition coefficient (Wildman–Crippen LogP) is 3.81. The molecule has 1 amide bonds. The van der Waals surface area contributed by atoms with Crippen molar-refractivity contribution < 1.29 is 19.4 Å². The molecule has 1 unspecified atom stereocenters. The van der Waals surface area contributed by atoms with Gasteiger partial charge in [-0.2, -0.15) is 0 Å². The van der Waals surface area contributed by atoms with Crippen LogP contribution >= 0.6 is 11.6 Å². The van der Waals surface area contributed by atoms with Crippen LogP contribution in [0.3, 0.4) is 0 Å². The number of rotatable bonds is 7. The number of esters is 1. The van der Waals surface area contributed by atoms with Crippen molar-refractivity contribution >= 4 is 23.5 Å². The van der Waals surface area contributed by atoms with Crippen molar-refractivity contribution in [2.24, 2.45) is 0 Å². The third-order valence-corrected chi connectivity index (χ3v) is 4.77. The molecule has 3 aromatic rings. The highest BCUT2D eigenvalue weighted by molar-refractivity contribution is 6.30. The van der Waals surface area contributed by atoms with E-state index in [1.165, 1.54) is 0 Å². The molecule has 0 aliphatic rings. The molecule has 2 N–H and O–H groups in total. The first-order valence-corrected chi connectivity index (χ1v) is 9.38. The van der Waals surface area contributed by atoms with E-state index in [1.54, 1.807) is 84.9 Å². The summed E-state index contributed by atoms with van der Waals surface area (Å²) >= 11 is 5.98. The Balaban J connectivity index is 1.88. The number of carbonyl (C=O) groups is 2. The lowest BCUT2D eigenvalue weighted by Crippen LogP contribution is -2.52. The molecule has 6 heteroatoms. The number of aliphatic hydroxyl groups is 1. The molecule has 148 valence electrons. The molecular formula is C23H20ClNO4. The molecule has 0 aliphatic carbocycles. The molecule has 3 rings (SSSR count). The van der Waals surface area contributed by atoms with E-state index in [0.717, 1.165) is 0 Å². The molecule has 0 fully saturated rings. The zero-order chi connectivity index (χ0) is 20.7. The molecule has 0 saturated heterocycles. The second kappa shape index (κ2) is 9.37. The molecule has 0 bridgehead atoms. The van der Waals surface area contributed by atoms with Gasteiger partial charge in [-0.25, -0.2) is 4.79 Å². The van der Waals surface area contributed by atoms with Crippen molar-refractivity contribution in [3.8, 4) is 0 Å². The highest BCUT2D eigenvalue weighted by Crippen LogP contribution is 2.25. The van der Waals surface area contributed by atoms with Crippen LogP contribution in [0.15, 0.2) is 84.9 Å². The number of hydrogen-bond acceptors (Lipinski definition) is 4. The number of hydrogen-bond donors (Lipinski definition) is 2. The lowest BCUT2D eigenvalue weighted by molar-refractivity contribution is 0.0236. The van der Waals surface area contributed by atoms with Gasteiger partial charge in [0.2, 0.25) is 0 Å². The van der Waals surface area contributed by atoms with Crippen molar-refractivity contribution in [1.29, 1.82) is 0 Å². The molecule has 1 atom stereocenters. The summed E-state index contributed by atoms with van der Waals surface area (Å²) in [5, 5.41) is 13.6. The zero-order valence-corrected chi connectivity index (χ0v) is 16.3. The first kappa shape index (κ1) is 20.6. The van der Waals surface area contributed by atoms with E-state index in [0.29, 0.717) is 21.7 Å². The third kappa shape index (κ3) is 5.02. The molecule has 29 heavy (non-hydrogen) atoms. The van der Waals surface area contributed by atoms with Gasteiger partial charge in [-0.3, -0.25) is 4.79 Å². The van der Waals surface area contributed by atoms with Crippen LogP contribution in [0.2, 0.25) is 5.02 Å². The number of ether oxygens (including phenoxy) is 1. The number of halogens is 1. The van der Waals surface area contributed by atoms with Crippen molar-refractivity contribution in [1.82, 2.24) is 5.32 Å². The summed E-state index contributed by atoms with van der Waals surface area (Å²) < 4.78 is 5.46. The van der Waals surface area contributed by atoms with Crippen molar-refractivity contribution in [2.75, 3.05) is 13.2 Å². The summed E-state index contributed by atoms with van der Waals surface area (Å²) in [6, 6.07) is 23.8. The second-order valence-electron chi connectivity index (χ2n) is 6.51. The van der Waals surface area contributed by atoms with Gasteiger partial charge in [-0.05, 0) is 42.0 Å². The van der Waals surface area contributed by atoms with Crippen LogP contribution in [0.1, 0.15) is 26.3 Å². The number of nitrogens with one attached hydrogen (secondary N) is 1. The maximum atomic E-state index is 12.8. The maximum Gasteiger partial charge on any atom is 0.338 e. The number of carbonyl (C=O) groups excluding carboxylic acids is 2. The van der Waals surface area contributed by atoms with Gasteiger partial charge in [0, 0.05) is 10.6 Å². The van der Waals surface area contributed by atoms with E-state index in [1.807, 2.05) is 0 Å². The number of benzene rings is 3. The van der Waals surface area contributed by atoms with Crippen LogP contribution < -0.4 is 5.32 Å². The summed E-state index contributed by atoms with van der Waals surface area (Å²) in [4.78, 5) is 25.2. The smallest absolute Gasteiger partial charge is 0.338 e. The summed E-state index contributed by atoms with van der Waals surface area (Å²) in [7, 11) is 0. The summed E-state index contributed by atoms with van der Waals surface area (Å²) in [6.45, 7) is -0.729. The lowest BCUT2D eigenvalue weighted by atomic mass is 9.91. The van der Waals surface area contributed by atoms with Crippen LogP contribution in [0, 0.1) is 0 Å². The van der Waals surface area contributed by atoms with E-state index in [9.17, 15) is 14.7 Å². The Morgan fingerprint density at radius 2 is 1.41 bits per heavy atom. The monoisotopic (exact) mass is 409 g/mol. The molecule has 0 spiro atoms. The standard InChI is InChI=1S/C23H20ClNO4/c24-20-13-11-19(12-14-20)23(15-26,25-21(27)17-7-3-1-4-8-17)16-29-22(28)18-9-5-2-6-10-18/h1-14,26H,15-16H2,(H,25,27). The number of amides is 1. The SMILES string of the molecule is O=C(NC(CO)(COC(=O)c1ccccc1)c1ccc(Cl)cc1)c1ccccc1. The van der Waals surface area contributed by atoms with Gasteiger partial charge in [0.15, 0.2) is 0 Å². The topological polar surface area (TPSA) is 75.6 Å². The molecule has 5 nitrogen and oxygen atoms in total. The highest BCUT2D eigenvalue weighted by Gasteiger charge is 2.35. The Labute approximate surface area is 173 Å². The summed E-state index contributed by atoms with van der Waals surface area (Å²) in [5.41, 5.74) is 0.0372. The van der Waals surface area contributed by atoms with Gasteiger partial charge < -0.3 is 15.2 Å². The van der Waals surface area contributed by atoms with Gasteiger partial charge in [-0.1, -0.05) is 60.1 Å². The summed E-state index contributed by atoms with van der Waals surface area (Å²) in [5.74, 6) is -0.947. The van der Waals surface area contributed by atoms with E-state index < -0.39 is 24.0 Å². The highest BCUT2D eigenvalue weighted by atomic mass is 35.5. The first-order valence-electron chi connectivity index (χ1n) is 9.01. The molecule has 0 aromatic heterocycles. The van der Waals surface area contributed by atoms with E-state index in [-0.39, 0.29) is 6.61 Å². The minimum absolute atomic E-state index is 0.253. The molecule has 0 aliphatic heterocycles. The molecular weight excluding hydrogens is 390 g/mol. The normalized spacial score (nSPS) is 12.6. The number of aliphatic hydroxyl groups excluding tert-OH is 1. The molecule has 3 aromatic carbocycles. The van der Waals surface area contributed by atoms with Gasteiger partial charge in [0.25, 0.3) is 5.91 Å². The minimum atomic E-state index is -1.33. The minimum Gasteiger partial charge on any atom is -0.459 e. The predicted molar refractivity (Wildman–Crippen MR) is 111 cm³/mol. The Kier molecular flexibility index (Phi) is 6.65. The van der Waals surface area contributed by atoms with Crippen LogP contribution in [-0.2, 0) is 10.3 Å².